The van der Waals surface area contributed by atoms with Crippen LogP contribution in [0.3, 0.4) is 0 Å². The molecule has 30 heavy (non-hydrogen) atoms. The molecule has 0 unspecified atom stereocenters. The van der Waals surface area contributed by atoms with Crippen molar-refractivity contribution >= 4 is 46.4 Å². The highest BCUT2D eigenvalue weighted by molar-refractivity contribution is 6.35. The van der Waals surface area contributed by atoms with Crippen LogP contribution in [0.25, 0.3) is 0 Å². The van der Waals surface area contributed by atoms with Crippen LogP contribution in [-0.2, 0) is 9.59 Å². The number of carbonyl (C=O) groups excluding carboxylic acids is 2. The van der Waals surface area contributed by atoms with Crippen LogP contribution in [0.15, 0.2) is 41.5 Å². The molecule has 0 saturated carbocycles. The molecule has 1 aliphatic rings. The minimum atomic E-state index is -0.493. The molecule has 1 aliphatic heterocycles. The van der Waals surface area contributed by atoms with E-state index in [9.17, 15) is 9.59 Å². The zero-order chi connectivity index (χ0) is 21.5. The summed E-state index contributed by atoms with van der Waals surface area (Å²) in [6, 6.07) is 9.83. The van der Waals surface area contributed by atoms with E-state index in [4.69, 9.17) is 37.4 Å². The van der Waals surface area contributed by atoms with Gasteiger partial charge in [0.25, 0.3) is 5.91 Å². The molecule has 1 heterocycles. The molecule has 2 aromatic carbocycles. The minimum Gasteiger partial charge on any atom is -0.486 e. The van der Waals surface area contributed by atoms with Gasteiger partial charge in [0.2, 0.25) is 5.91 Å². The Labute approximate surface area is 183 Å². The smallest absolute Gasteiger partial charge is 0.277 e. The average molecular weight is 452 g/mol. The van der Waals surface area contributed by atoms with Gasteiger partial charge in [-0.3, -0.25) is 9.59 Å². The maximum atomic E-state index is 12.2. The van der Waals surface area contributed by atoms with Crippen LogP contribution in [0.5, 0.6) is 17.2 Å². The summed E-state index contributed by atoms with van der Waals surface area (Å²) in [5, 5.41) is 7.41. The number of hydrazone groups is 1. The average Bonchev–Trinajstić information content (AvgIpc) is 2.71. The molecule has 0 radical (unpaired) electrons. The molecule has 158 valence electrons. The van der Waals surface area contributed by atoms with Crippen LogP contribution in [0.1, 0.15) is 13.3 Å². The molecule has 0 aliphatic carbocycles. The van der Waals surface area contributed by atoms with Gasteiger partial charge in [-0.05, 0) is 37.3 Å². The zero-order valence-electron chi connectivity index (χ0n) is 16.0. The standard InChI is InChI=1S/C20H19Cl2N3O5/c1-12(24-25-20(27)11-30-16-4-2-13(21)9-15(16)22)8-19(26)23-14-3-5-17-18(10-14)29-7-6-28-17/h2-5,9-10H,6-8,11H2,1H3,(H,23,26)(H,25,27). The summed E-state index contributed by atoms with van der Waals surface area (Å²) >= 11 is 11.8. The number of halogens is 2. The second-order valence-electron chi connectivity index (χ2n) is 6.33. The molecule has 0 bridgehead atoms. The van der Waals surface area contributed by atoms with Crippen LogP contribution in [0, 0.1) is 0 Å². The van der Waals surface area contributed by atoms with Crippen molar-refractivity contribution in [3.63, 3.8) is 0 Å². The summed E-state index contributed by atoms with van der Waals surface area (Å²) in [6.07, 6.45) is -0.00140. The quantitative estimate of drug-likeness (QED) is 0.494. The summed E-state index contributed by atoms with van der Waals surface area (Å²) in [4.78, 5) is 24.1. The molecule has 8 nitrogen and oxygen atoms in total. The molecular formula is C20H19Cl2N3O5. The Morgan fingerprint density at radius 3 is 2.60 bits per heavy atom. The SMILES string of the molecule is CC(CC(=O)Nc1ccc2c(c1)OCCO2)=NNC(=O)COc1ccc(Cl)cc1Cl. The number of nitrogens with zero attached hydrogens (tertiary/aromatic N) is 1. The van der Waals surface area contributed by atoms with Gasteiger partial charge in [-0.25, -0.2) is 5.43 Å². The molecule has 3 rings (SSSR count). The number of hydrogen-bond donors (Lipinski definition) is 2. The predicted octanol–water partition coefficient (Wildman–Crippen LogP) is 3.66. The van der Waals surface area contributed by atoms with Crippen LogP contribution in [-0.4, -0.2) is 37.3 Å². The van der Waals surface area contributed by atoms with E-state index in [1.807, 2.05) is 0 Å². The van der Waals surface area contributed by atoms with Crippen molar-refractivity contribution in [1.29, 1.82) is 0 Å². The number of rotatable bonds is 7. The second kappa shape index (κ2) is 10.2. The Morgan fingerprint density at radius 1 is 1.07 bits per heavy atom. The number of carbonyl (C=O) groups is 2. The Bertz CT molecular complexity index is 981. The molecular weight excluding hydrogens is 433 g/mol. The van der Waals surface area contributed by atoms with E-state index in [1.54, 1.807) is 37.3 Å². The van der Waals surface area contributed by atoms with Crippen LogP contribution in [0.2, 0.25) is 10.0 Å². The van der Waals surface area contributed by atoms with Crippen molar-refractivity contribution in [1.82, 2.24) is 5.43 Å². The van der Waals surface area contributed by atoms with Gasteiger partial charge in [-0.1, -0.05) is 23.2 Å². The molecule has 2 amide bonds. The van der Waals surface area contributed by atoms with E-state index < -0.39 is 5.91 Å². The Morgan fingerprint density at radius 2 is 1.83 bits per heavy atom. The van der Waals surface area contributed by atoms with E-state index in [1.165, 1.54) is 6.07 Å². The highest BCUT2D eigenvalue weighted by atomic mass is 35.5. The first-order chi connectivity index (χ1) is 14.4. The van der Waals surface area contributed by atoms with Gasteiger partial charge in [0.15, 0.2) is 18.1 Å². The number of amides is 2. The van der Waals surface area contributed by atoms with E-state index in [2.05, 4.69) is 15.8 Å². The summed E-state index contributed by atoms with van der Waals surface area (Å²) in [6.45, 7) is 2.30. The third-order valence-corrected chi connectivity index (χ3v) is 4.40. The highest BCUT2D eigenvalue weighted by Gasteiger charge is 2.13. The first-order valence-corrected chi connectivity index (χ1v) is 9.75. The summed E-state index contributed by atoms with van der Waals surface area (Å²) < 4.78 is 16.2. The topological polar surface area (TPSA) is 98.3 Å². The maximum Gasteiger partial charge on any atom is 0.277 e. The van der Waals surface area contributed by atoms with E-state index in [0.717, 1.165) is 0 Å². The van der Waals surface area contributed by atoms with Crippen LogP contribution >= 0.6 is 23.2 Å². The molecule has 2 N–H and O–H groups in total. The second-order valence-corrected chi connectivity index (χ2v) is 7.17. The van der Waals surface area contributed by atoms with Crippen molar-refractivity contribution in [3.05, 3.63) is 46.4 Å². The van der Waals surface area contributed by atoms with Crippen molar-refractivity contribution in [2.24, 2.45) is 5.10 Å². The molecule has 0 fully saturated rings. The molecule has 0 aromatic heterocycles. The van der Waals surface area contributed by atoms with Gasteiger partial charge >= 0.3 is 0 Å². The molecule has 0 atom stereocenters. The van der Waals surface area contributed by atoms with Gasteiger partial charge in [0.1, 0.15) is 19.0 Å². The maximum absolute atomic E-state index is 12.2. The fraction of sp³-hybridized carbons (Fsp3) is 0.250. The lowest BCUT2D eigenvalue weighted by Crippen LogP contribution is -2.26. The summed E-state index contributed by atoms with van der Waals surface area (Å²) in [5.41, 5.74) is 3.33. The van der Waals surface area contributed by atoms with E-state index in [-0.39, 0.29) is 18.9 Å². The van der Waals surface area contributed by atoms with E-state index >= 15 is 0 Å². The van der Waals surface area contributed by atoms with Gasteiger partial charge in [0.05, 0.1) is 11.4 Å². The van der Waals surface area contributed by atoms with Crippen molar-refractivity contribution in [2.45, 2.75) is 13.3 Å². The number of anilines is 1. The molecule has 0 saturated heterocycles. The monoisotopic (exact) mass is 451 g/mol. The number of nitrogens with one attached hydrogen (secondary N) is 2. The first kappa shape index (κ1) is 21.7. The lowest BCUT2D eigenvalue weighted by molar-refractivity contribution is -0.123. The van der Waals surface area contributed by atoms with Gasteiger partial charge in [0, 0.05) is 22.5 Å². The van der Waals surface area contributed by atoms with E-state index in [0.29, 0.717) is 51.9 Å². The first-order valence-electron chi connectivity index (χ1n) is 9.00. The van der Waals surface area contributed by atoms with Gasteiger partial charge < -0.3 is 19.5 Å². The largest absolute Gasteiger partial charge is 0.486 e. The Hall–Kier alpha value is -2.97. The summed E-state index contributed by atoms with van der Waals surface area (Å²) in [5.74, 6) is 0.772. The lowest BCUT2D eigenvalue weighted by atomic mass is 10.2. The van der Waals surface area contributed by atoms with Crippen LogP contribution < -0.4 is 25.0 Å². The highest BCUT2D eigenvalue weighted by Crippen LogP contribution is 2.32. The van der Waals surface area contributed by atoms with Crippen molar-refractivity contribution in [2.75, 3.05) is 25.1 Å². The summed E-state index contributed by atoms with van der Waals surface area (Å²) in [7, 11) is 0. The van der Waals surface area contributed by atoms with Crippen LogP contribution in [0.4, 0.5) is 5.69 Å². The van der Waals surface area contributed by atoms with Crippen molar-refractivity contribution in [3.8, 4) is 17.2 Å². The molecule has 0 spiro atoms. The lowest BCUT2D eigenvalue weighted by Gasteiger charge is -2.19. The minimum absolute atomic E-state index is 0.00140. The molecule has 10 heteroatoms. The number of hydrogen-bond acceptors (Lipinski definition) is 6. The van der Waals surface area contributed by atoms with Gasteiger partial charge in [-0.2, -0.15) is 5.10 Å². The number of fused-ring (bicyclic) bond motifs is 1. The Kier molecular flexibility index (Phi) is 7.37. The Balaban J connectivity index is 1.44. The molecule has 2 aromatic rings. The van der Waals surface area contributed by atoms with Crippen molar-refractivity contribution < 1.29 is 23.8 Å². The third kappa shape index (κ3) is 6.27. The predicted molar refractivity (Wildman–Crippen MR) is 114 cm³/mol. The normalized spacial score (nSPS) is 12.8. The third-order valence-electron chi connectivity index (χ3n) is 3.87. The zero-order valence-corrected chi connectivity index (χ0v) is 17.5. The fourth-order valence-corrected chi connectivity index (χ4v) is 2.99. The fourth-order valence-electron chi connectivity index (χ4n) is 2.52. The van der Waals surface area contributed by atoms with Gasteiger partial charge in [-0.15, -0.1) is 0 Å². The number of benzene rings is 2. The number of ether oxygens (including phenoxy) is 3.